The van der Waals surface area contributed by atoms with Crippen molar-refractivity contribution in [1.82, 2.24) is 35.8 Å². The zero-order chi connectivity index (χ0) is 35.9. The van der Waals surface area contributed by atoms with Gasteiger partial charge in [0.15, 0.2) is 0 Å². The largest absolute Gasteiger partial charge is 0.358 e. The SMILES string of the molecule is Cc1[nH]c2ccccc2c1CC1C(=O)NCc2c(-c3ccncc3)ccc(Cl)c2Sc2ncccc2CNC(CCCN)C(=O)NCC(=O)N1C. The van der Waals surface area contributed by atoms with E-state index in [2.05, 4.69) is 25.9 Å². The molecular weight excluding hydrogens is 684 g/mol. The van der Waals surface area contributed by atoms with Crippen LogP contribution in [0.2, 0.25) is 5.02 Å². The van der Waals surface area contributed by atoms with Gasteiger partial charge in [0.25, 0.3) is 0 Å². The lowest BCUT2D eigenvalue weighted by Gasteiger charge is -2.28. The molecule has 6 rings (SSSR count). The zero-order valence-corrected chi connectivity index (χ0v) is 30.1. The van der Waals surface area contributed by atoms with Crippen LogP contribution in [0.3, 0.4) is 0 Å². The first-order valence-corrected chi connectivity index (χ1v) is 18.1. The molecule has 13 heteroatoms. The molecule has 2 aromatic carbocycles. The van der Waals surface area contributed by atoms with E-state index in [0.29, 0.717) is 36.0 Å². The summed E-state index contributed by atoms with van der Waals surface area (Å²) in [6, 6.07) is 17.8. The zero-order valence-electron chi connectivity index (χ0n) is 28.5. The molecule has 0 fully saturated rings. The molecule has 0 aliphatic carbocycles. The van der Waals surface area contributed by atoms with E-state index in [9.17, 15) is 14.4 Å². The highest BCUT2D eigenvalue weighted by Crippen LogP contribution is 2.41. The van der Waals surface area contributed by atoms with Crippen molar-refractivity contribution < 1.29 is 14.4 Å². The third-order valence-corrected chi connectivity index (χ3v) is 10.9. The van der Waals surface area contributed by atoms with Crippen molar-refractivity contribution in [2.75, 3.05) is 20.1 Å². The van der Waals surface area contributed by atoms with Gasteiger partial charge in [0, 0.05) is 66.6 Å². The van der Waals surface area contributed by atoms with Gasteiger partial charge in [-0.05, 0) is 84.5 Å². The first-order valence-electron chi connectivity index (χ1n) is 16.9. The van der Waals surface area contributed by atoms with E-state index >= 15 is 0 Å². The molecule has 6 N–H and O–H groups in total. The van der Waals surface area contributed by atoms with Crippen LogP contribution in [-0.4, -0.2) is 69.8 Å². The number of carbonyl (C=O) groups excluding carboxylic acids is 3. The van der Waals surface area contributed by atoms with E-state index in [-0.39, 0.29) is 31.3 Å². The molecule has 0 bridgehead atoms. The number of benzene rings is 2. The molecule has 264 valence electrons. The normalized spacial score (nSPS) is 17.7. The van der Waals surface area contributed by atoms with Crippen LogP contribution >= 0.6 is 23.4 Å². The first-order chi connectivity index (χ1) is 24.7. The summed E-state index contributed by atoms with van der Waals surface area (Å²) in [5.74, 6) is -1.06. The summed E-state index contributed by atoms with van der Waals surface area (Å²) >= 11 is 8.36. The summed E-state index contributed by atoms with van der Waals surface area (Å²) in [6.07, 6.45) is 6.50. The van der Waals surface area contributed by atoms with Gasteiger partial charge in [0.1, 0.15) is 11.1 Å². The number of rotatable bonds is 6. The minimum Gasteiger partial charge on any atom is -0.358 e. The smallest absolute Gasteiger partial charge is 0.243 e. The standard InChI is InChI=1S/C38H41ClN8O3S/c1-23-28(27-8-3-4-9-31(27)46-23)19-33-37(50)44-21-29-26(24-13-17-41-18-14-24)11-12-30(39)35(29)51-38-25(7-6-16-42-38)20-43-32(10-5-15-40)36(49)45-22-34(48)47(33)2/h3-4,6-9,11-14,16-18,32-33,43,46H,5,10,15,19-22,40H2,1-2H3,(H,44,50)(H,45,49). The van der Waals surface area contributed by atoms with Crippen LogP contribution in [0.15, 0.2) is 89.2 Å². The Kier molecular flexibility index (Phi) is 11.7. The highest BCUT2D eigenvalue weighted by atomic mass is 35.5. The second-order valence-corrected chi connectivity index (χ2v) is 13.9. The Labute approximate surface area is 306 Å². The number of fused-ring (bicyclic) bond motifs is 3. The van der Waals surface area contributed by atoms with E-state index in [0.717, 1.165) is 49.3 Å². The van der Waals surface area contributed by atoms with Crippen molar-refractivity contribution in [1.29, 1.82) is 0 Å². The molecule has 0 saturated carbocycles. The number of hydrogen-bond acceptors (Lipinski definition) is 8. The van der Waals surface area contributed by atoms with Gasteiger partial charge in [-0.25, -0.2) is 4.98 Å². The Morgan fingerprint density at radius 3 is 2.53 bits per heavy atom. The van der Waals surface area contributed by atoms with Crippen LogP contribution in [0.5, 0.6) is 0 Å². The second kappa shape index (κ2) is 16.5. The molecule has 3 aromatic heterocycles. The Morgan fingerprint density at radius 2 is 1.73 bits per heavy atom. The summed E-state index contributed by atoms with van der Waals surface area (Å²) in [5.41, 5.74) is 12.1. The highest BCUT2D eigenvalue weighted by molar-refractivity contribution is 7.99. The maximum atomic E-state index is 14.4. The number of nitrogens with zero attached hydrogens (tertiary/aromatic N) is 3. The molecule has 5 aromatic rings. The van der Waals surface area contributed by atoms with Crippen molar-refractivity contribution in [2.24, 2.45) is 5.73 Å². The fourth-order valence-electron chi connectivity index (χ4n) is 6.39. The Bertz CT molecular complexity index is 2040. The van der Waals surface area contributed by atoms with Gasteiger partial charge in [-0.2, -0.15) is 0 Å². The molecule has 11 nitrogen and oxygen atoms in total. The Balaban J connectivity index is 1.44. The van der Waals surface area contributed by atoms with Crippen LogP contribution in [0, 0.1) is 6.92 Å². The third kappa shape index (κ3) is 8.26. The molecule has 1 aliphatic rings. The lowest BCUT2D eigenvalue weighted by molar-refractivity contribution is -0.139. The average molecular weight is 725 g/mol. The van der Waals surface area contributed by atoms with Gasteiger partial charge in [0.2, 0.25) is 17.7 Å². The number of aromatic amines is 1. The Morgan fingerprint density at radius 1 is 0.941 bits per heavy atom. The minimum atomic E-state index is -0.892. The van der Waals surface area contributed by atoms with Crippen LogP contribution < -0.4 is 21.7 Å². The number of H-pyrrole nitrogens is 1. The topological polar surface area (TPSA) is 158 Å². The summed E-state index contributed by atoms with van der Waals surface area (Å²) in [4.78, 5) is 56.1. The monoisotopic (exact) mass is 724 g/mol. The number of nitrogens with two attached hydrogens (primary N) is 1. The highest BCUT2D eigenvalue weighted by Gasteiger charge is 2.30. The van der Waals surface area contributed by atoms with E-state index in [1.165, 1.54) is 16.7 Å². The molecule has 0 radical (unpaired) electrons. The van der Waals surface area contributed by atoms with Gasteiger partial charge in [-0.3, -0.25) is 19.4 Å². The number of hydrogen-bond donors (Lipinski definition) is 5. The van der Waals surface area contributed by atoms with E-state index in [1.54, 1.807) is 25.6 Å². The lowest BCUT2D eigenvalue weighted by Crippen LogP contribution is -2.52. The summed E-state index contributed by atoms with van der Waals surface area (Å²) in [5, 5.41) is 11.5. The number of aromatic nitrogens is 3. The van der Waals surface area contributed by atoms with Crippen LogP contribution in [0.4, 0.5) is 0 Å². The molecule has 2 unspecified atom stereocenters. The van der Waals surface area contributed by atoms with Gasteiger partial charge < -0.3 is 31.6 Å². The van der Waals surface area contributed by atoms with Crippen LogP contribution in [0.1, 0.15) is 35.2 Å². The van der Waals surface area contributed by atoms with Crippen molar-refractivity contribution in [3.05, 3.63) is 107 Å². The quantitative estimate of drug-likeness (QED) is 0.168. The van der Waals surface area contributed by atoms with Gasteiger partial charge >= 0.3 is 0 Å². The molecule has 51 heavy (non-hydrogen) atoms. The van der Waals surface area contributed by atoms with E-state index in [4.69, 9.17) is 22.3 Å². The molecule has 2 atom stereocenters. The number of likely N-dealkylation sites (N-methyl/N-ethyl adjacent to an activating group) is 1. The minimum absolute atomic E-state index is 0.128. The first kappa shape index (κ1) is 36.1. The van der Waals surface area contributed by atoms with Gasteiger partial charge in [0.05, 0.1) is 17.6 Å². The third-order valence-electron chi connectivity index (χ3n) is 9.25. The number of aryl methyl sites for hydroxylation is 1. The average Bonchev–Trinajstić information content (AvgIpc) is 3.47. The molecular formula is C38H41ClN8O3S. The van der Waals surface area contributed by atoms with Gasteiger partial charge in [-0.1, -0.05) is 53.7 Å². The summed E-state index contributed by atoms with van der Waals surface area (Å²) in [7, 11) is 1.60. The molecule has 1 aliphatic heterocycles. The molecule has 3 amide bonds. The summed E-state index contributed by atoms with van der Waals surface area (Å²) < 4.78 is 0. The maximum absolute atomic E-state index is 14.4. The number of para-hydroxylation sites is 1. The predicted octanol–water partition coefficient (Wildman–Crippen LogP) is 4.75. The number of pyridine rings is 2. The molecule has 0 spiro atoms. The van der Waals surface area contributed by atoms with Crippen LogP contribution in [0.25, 0.3) is 22.0 Å². The predicted molar refractivity (Wildman–Crippen MR) is 200 cm³/mol. The fraction of sp³-hybridized carbons (Fsp3) is 0.289. The van der Waals surface area contributed by atoms with Crippen LogP contribution in [-0.2, 0) is 33.9 Å². The second-order valence-electron chi connectivity index (χ2n) is 12.5. The van der Waals surface area contributed by atoms with E-state index in [1.807, 2.05) is 67.6 Å². The van der Waals surface area contributed by atoms with E-state index < -0.39 is 18.0 Å². The number of nitrogens with one attached hydrogen (secondary N) is 4. The number of halogens is 1. The Hall–Kier alpha value is -4.75. The van der Waals surface area contributed by atoms with Crippen molar-refractivity contribution in [3.8, 4) is 11.1 Å². The van der Waals surface area contributed by atoms with Crippen molar-refractivity contribution in [2.45, 2.75) is 61.3 Å². The van der Waals surface area contributed by atoms with Crippen molar-refractivity contribution in [3.63, 3.8) is 0 Å². The maximum Gasteiger partial charge on any atom is 0.243 e. The molecule has 0 saturated heterocycles. The molecule has 4 heterocycles. The number of carbonyl (C=O) groups is 3. The van der Waals surface area contributed by atoms with Gasteiger partial charge in [-0.15, -0.1) is 0 Å². The van der Waals surface area contributed by atoms with Crippen molar-refractivity contribution >= 4 is 52.0 Å². The number of amides is 3. The fourth-order valence-corrected chi connectivity index (χ4v) is 7.73. The lowest BCUT2D eigenvalue weighted by atomic mass is 9.99. The summed E-state index contributed by atoms with van der Waals surface area (Å²) in [6.45, 7) is 2.58.